The van der Waals surface area contributed by atoms with E-state index in [1.54, 1.807) is 0 Å². The van der Waals surface area contributed by atoms with Crippen molar-refractivity contribution in [1.29, 1.82) is 0 Å². The molecule has 0 radical (unpaired) electrons. The van der Waals surface area contributed by atoms with Gasteiger partial charge in [-0.1, -0.05) is 19.1 Å². The van der Waals surface area contributed by atoms with Crippen molar-refractivity contribution in [1.82, 2.24) is 10.6 Å². The van der Waals surface area contributed by atoms with E-state index in [1.165, 1.54) is 18.4 Å². The fourth-order valence-electron chi connectivity index (χ4n) is 1.86. The zero-order valence-corrected chi connectivity index (χ0v) is 12.4. The van der Waals surface area contributed by atoms with Gasteiger partial charge in [0.15, 0.2) is 0 Å². The molecule has 3 nitrogen and oxygen atoms in total. The summed E-state index contributed by atoms with van der Waals surface area (Å²) in [6, 6.07) is 8.21. The number of nitrogens with one attached hydrogen (secondary N) is 2. The second kappa shape index (κ2) is 10.8. The molecular formula is C16H28N2O. The van der Waals surface area contributed by atoms with Crippen LogP contribution < -0.4 is 15.4 Å². The van der Waals surface area contributed by atoms with Crippen LogP contribution in [0.15, 0.2) is 24.3 Å². The van der Waals surface area contributed by atoms with Gasteiger partial charge in [-0.3, -0.25) is 0 Å². The first-order valence-corrected chi connectivity index (χ1v) is 7.44. The molecule has 0 heterocycles. The van der Waals surface area contributed by atoms with Crippen LogP contribution in [0.4, 0.5) is 0 Å². The van der Waals surface area contributed by atoms with E-state index in [-0.39, 0.29) is 0 Å². The van der Waals surface area contributed by atoms with Crippen molar-refractivity contribution in [2.75, 3.05) is 32.8 Å². The molecule has 1 aromatic rings. The summed E-state index contributed by atoms with van der Waals surface area (Å²) in [5, 5.41) is 6.84. The van der Waals surface area contributed by atoms with Crippen LogP contribution in [0.25, 0.3) is 0 Å². The molecule has 0 aliphatic rings. The van der Waals surface area contributed by atoms with Gasteiger partial charge in [-0.2, -0.15) is 0 Å². The smallest absolute Gasteiger partial charge is 0.119 e. The molecule has 0 saturated carbocycles. The number of aryl methyl sites for hydroxylation is 1. The maximum absolute atomic E-state index is 5.69. The molecule has 0 atom stereocenters. The van der Waals surface area contributed by atoms with Crippen LogP contribution in [-0.2, 0) is 0 Å². The lowest BCUT2D eigenvalue weighted by molar-refractivity contribution is 0.308. The Hall–Kier alpha value is -1.06. The second-order valence-corrected chi connectivity index (χ2v) is 4.87. The minimum Gasteiger partial charge on any atom is -0.494 e. The molecule has 2 N–H and O–H groups in total. The SMILES string of the molecule is CCCNCCCNCCCOc1cccc(C)c1. The standard InChI is InChI=1S/C16H28N2O/c1-3-9-17-10-5-11-18-12-6-13-19-16-8-4-7-15(2)14-16/h4,7-8,14,17-18H,3,5-6,9-13H2,1-2H3. The topological polar surface area (TPSA) is 33.3 Å². The Morgan fingerprint density at radius 1 is 1.00 bits per heavy atom. The molecule has 0 unspecified atom stereocenters. The molecule has 0 fully saturated rings. The van der Waals surface area contributed by atoms with E-state index in [0.29, 0.717) is 0 Å². The molecule has 3 heteroatoms. The normalized spacial score (nSPS) is 10.6. The summed E-state index contributed by atoms with van der Waals surface area (Å²) in [4.78, 5) is 0. The van der Waals surface area contributed by atoms with Gasteiger partial charge < -0.3 is 15.4 Å². The Morgan fingerprint density at radius 3 is 2.47 bits per heavy atom. The zero-order valence-electron chi connectivity index (χ0n) is 12.4. The number of rotatable bonds is 11. The Kier molecular flexibility index (Phi) is 9.11. The number of benzene rings is 1. The van der Waals surface area contributed by atoms with Gasteiger partial charge in [0.2, 0.25) is 0 Å². The molecule has 108 valence electrons. The molecule has 0 aliphatic carbocycles. The fraction of sp³-hybridized carbons (Fsp3) is 0.625. The lowest BCUT2D eigenvalue weighted by atomic mass is 10.2. The van der Waals surface area contributed by atoms with Crippen LogP contribution in [0.3, 0.4) is 0 Å². The van der Waals surface area contributed by atoms with Crippen LogP contribution in [0.1, 0.15) is 31.7 Å². The quantitative estimate of drug-likeness (QED) is 0.603. The van der Waals surface area contributed by atoms with E-state index in [1.807, 2.05) is 12.1 Å². The molecule has 0 amide bonds. The van der Waals surface area contributed by atoms with E-state index in [4.69, 9.17) is 4.74 Å². The summed E-state index contributed by atoms with van der Waals surface area (Å²) in [5.41, 5.74) is 1.25. The molecule has 0 spiro atoms. The molecule has 19 heavy (non-hydrogen) atoms. The maximum atomic E-state index is 5.69. The third kappa shape index (κ3) is 8.62. The predicted molar refractivity (Wildman–Crippen MR) is 81.9 cm³/mol. The van der Waals surface area contributed by atoms with Gasteiger partial charge in [0.1, 0.15) is 5.75 Å². The average molecular weight is 264 g/mol. The van der Waals surface area contributed by atoms with Crippen molar-refractivity contribution in [2.24, 2.45) is 0 Å². The van der Waals surface area contributed by atoms with Gasteiger partial charge in [0.05, 0.1) is 6.61 Å². The third-order valence-electron chi connectivity index (χ3n) is 2.89. The molecular weight excluding hydrogens is 236 g/mol. The van der Waals surface area contributed by atoms with E-state index < -0.39 is 0 Å². The molecule has 0 aromatic heterocycles. The first-order valence-electron chi connectivity index (χ1n) is 7.44. The van der Waals surface area contributed by atoms with E-state index in [2.05, 4.69) is 36.6 Å². The molecule has 1 aromatic carbocycles. The Morgan fingerprint density at radius 2 is 1.74 bits per heavy atom. The van der Waals surface area contributed by atoms with Gasteiger partial charge in [0.25, 0.3) is 0 Å². The van der Waals surface area contributed by atoms with E-state index >= 15 is 0 Å². The summed E-state index contributed by atoms with van der Waals surface area (Å²) in [6.45, 7) is 9.41. The molecule has 0 bridgehead atoms. The number of hydrogen-bond acceptors (Lipinski definition) is 3. The first-order chi connectivity index (χ1) is 9.33. The summed E-state index contributed by atoms with van der Waals surface area (Å²) in [7, 11) is 0. The molecule has 1 rings (SSSR count). The highest BCUT2D eigenvalue weighted by molar-refractivity contribution is 5.27. The number of hydrogen-bond donors (Lipinski definition) is 2. The van der Waals surface area contributed by atoms with Crippen molar-refractivity contribution in [3.63, 3.8) is 0 Å². The van der Waals surface area contributed by atoms with Crippen molar-refractivity contribution in [2.45, 2.75) is 33.1 Å². The van der Waals surface area contributed by atoms with Gasteiger partial charge in [-0.05, 0) is 70.1 Å². The van der Waals surface area contributed by atoms with Crippen LogP contribution in [-0.4, -0.2) is 32.8 Å². The van der Waals surface area contributed by atoms with Crippen LogP contribution >= 0.6 is 0 Å². The maximum Gasteiger partial charge on any atom is 0.119 e. The summed E-state index contributed by atoms with van der Waals surface area (Å²) in [6.07, 6.45) is 3.46. The highest BCUT2D eigenvalue weighted by atomic mass is 16.5. The lowest BCUT2D eigenvalue weighted by Gasteiger charge is -2.08. The lowest BCUT2D eigenvalue weighted by Crippen LogP contribution is -2.23. The van der Waals surface area contributed by atoms with Crippen LogP contribution in [0.5, 0.6) is 5.75 Å². The Balaban J connectivity index is 1.89. The summed E-state index contributed by atoms with van der Waals surface area (Å²) in [5.74, 6) is 0.976. The molecule has 0 saturated heterocycles. The van der Waals surface area contributed by atoms with Crippen LogP contribution in [0, 0.1) is 6.92 Å². The molecule has 0 aliphatic heterocycles. The van der Waals surface area contributed by atoms with E-state index in [0.717, 1.165) is 45.0 Å². The monoisotopic (exact) mass is 264 g/mol. The second-order valence-electron chi connectivity index (χ2n) is 4.87. The fourth-order valence-corrected chi connectivity index (χ4v) is 1.86. The minimum atomic E-state index is 0.782. The number of ether oxygens (including phenoxy) is 1. The highest BCUT2D eigenvalue weighted by Gasteiger charge is 1.94. The van der Waals surface area contributed by atoms with Gasteiger partial charge >= 0.3 is 0 Å². The van der Waals surface area contributed by atoms with Crippen molar-refractivity contribution in [3.05, 3.63) is 29.8 Å². The van der Waals surface area contributed by atoms with Crippen molar-refractivity contribution >= 4 is 0 Å². The minimum absolute atomic E-state index is 0.782. The van der Waals surface area contributed by atoms with Crippen molar-refractivity contribution < 1.29 is 4.74 Å². The largest absolute Gasteiger partial charge is 0.494 e. The average Bonchev–Trinajstić information content (AvgIpc) is 2.41. The zero-order chi connectivity index (χ0) is 13.8. The van der Waals surface area contributed by atoms with Gasteiger partial charge in [0, 0.05) is 0 Å². The Bertz CT molecular complexity index is 328. The Labute approximate surface area is 117 Å². The van der Waals surface area contributed by atoms with Gasteiger partial charge in [-0.15, -0.1) is 0 Å². The summed E-state index contributed by atoms with van der Waals surface area (Å²) < 4.78 is 5.69. The summed E-state index contributed by atoms with van der Waals surface area (Å²) >= 11 is 0. The van der Waals surface area contributed by atoms with E-state index in [9.17, 15) is 0 Å². The highest BCUT2D eigenvalue weighted by Crippen LogP contribution is 2.12. The first kappa shape index (κ1) is 16.0. The predicted octanol–water partition coefficient (Wildman–Crippen LogP) is 2.74. The third-order valence-corrected chi connectivity index (χ3v) is 2.89. The van der Waals surface area contributed by atoms with Crippen LogP contribution in [0.2, 0.25) is 0 Å². The van der Waals surface area contributed by atoms with Gasteiger partial charge in [-0.25, -0.2) is 0 Å². The van der Waals surface area contributed by atoms with Crippen molar-refractivity contribution in [3.8, 4) is 5.75 Å².